The van der Waals surface area contributed by atoms with Crippen molar-refractivity contribution in [2.24, 2.45) is 5.41 Å². The first-order valence-corrected chi connectivity index (χ1v) is 15.7. The number of Topliss-reactive ketones (excluding diaryl/α,β-unsaturated/α-hetero) is 3. The van der Waals surface area contributed by atoms with Crippen molar-refractivity contribution in [1.29, 1.82) is 0 Å². The van der Waals surface area contributed by atoms with Gasteiger partial charge in [-0.3, -0.25) is 14.4 Å². The summed E-state index contributed by atoms with van der Waals surface area (Å²) in [4.78, 5) is 39.8. The van der Waals surface area contributed by atoms with Gasteiger partial charge in [-0.25, -0.2) is 0 Å². The van der Waals surface area contributed by atoms with Gasteiger partial charge in [-0.1, -0.05) is 43.1 Å². The van der Waals surface area contributed by atoms with E-state index in [0.29, 0.717) is 6.42 Å². The molecule has 8 nitrogen and oxygen atoms in total. The summed E-state index contributed by atoms with van der Waals surface area (Å²) >= 11 is 0. The number of phenolic OH excluding ortho intramolecular Hbond substituents is 2. The number of aliphatic hydroxyl groups excluding tert-OH is 2. The van der Waals surface area contributed by atoms with E-state index in [2.05, 4.69) is 6.08 Å². The summed E-state index contributed by atoms with van der Waals surface area (Å²) < 4.78 is 6.07. The second-order valence-corrected chi connectivity index (χ2v) is 13.2. The van der Waals surface area contributed by atoms with Crippen molar-refractivity contribution in [2.75, 3.05) is 0 Å². The van der Waals surface area contributed by atoms with Gasteiger partial charge in [0.1, 0.15) is 45.5 Å². The third-order valence-electron chi connectivity index (χ3n) is 8.55. The molecule has 1 heterocycles. The normalized spacial score (nSPS) is 19.4. The number of phenols is 2. The van der Waals surface area contributed by atoms with Crippen molar-refractivity contribution in [3.63, 3.8) is 0 Å². The van der Waals surface area contributed by atoms with E-state index in [1.807, 2.05) is 33.8 Å². The van der Waals surface area contributed by atoms with E-state index in [1.165, 1.54) is 12.5 Å². The van der Waals surface area contributed by atoms with Crippen LogP contribution in [-0.4, -0.2) is 43.4 Å². The number of ether oxygens (including phenoxy) is 1. The van der Waals surface area contributed by atoms with Crippen LogP contribution < -0.4 is 4.74 Å². The molecule has 8 heteroatoms. The summed E-state index contributed by atoms with van der Waals surface area (Å²) in [6.07, 6.45) is 10.9. The molecule has 1 unspecified atom stereocenters. The average Bonchev–Trinajstić information content (AvgIpc) is 2.94. The molecule has 2 aliphatic rings. The lowest BCUT2D eigenvalue weighted by Crippen LogP contribution is -2.38. The zero-order valence-corrected chi connectivity index (χ0v) is 27.9. The van der Waals surface area contributed by atoms with E-state index in [1.54, 1.807) is 26.0 Å². The Kier molecular flexibility index (Phi) is 11.0. The SMILES string of the molecule is CCCCCC(=O)c1c(O)c(CC2=C(O)C(C)(CC=C(C)CCC=C(C)C)C(=O)C(C(C)=O)=C2O)c(O)c2c1OC(C)(C)C=C2. The van der Waals surface area contributed by atoms with Crippen LogP contribution in [-0.2, 0) is 16.0 Å². The molecular weight excluding hydrogens is 572 g/mol. The Morgan fingerprint density at radius 3 is 2.20 bits per heavy atom. The van der Waals surface area contributed by atoms with Gasteiger partial charge >= 0.3 is 0 Å². The van der Waals surface area contributed by atoms with Crippen LogP contribution in [0.3, 0.4) is 0 Å². The molecule has 1 aromatic rings. The lowest BCUT2D eigenvalue weighted by atomic mass is 9.70. The highest BCUT2D eigenvalue weighted by atomic mass is 16.5. The van der Waals surface area contributed by atoms with Crippen LogP contribution >= 0.6 is 0 Å². The zero-order valence-electron chi connectivity index (χ0n) is 27.9. The van der Waals surface area contributed by atoms with Crippen LogP contribution in [0.25, 0.3) is 6.08 Å². The summed E-state index contributed by atoms with van der Waals surface area (Å²) in [6.45, 7) is 14.2. The van der Waals surface area contributed by atoms with Gasteiger partial charge in [0.05, 0.1) is 11.0 Å². The van der Waals surface area contributed by atoms with Crippen molar-refractivity contribution < 1.29 is 39.5 Å². The Morgan fingerprint density at radius 2 is 1.60 bits per heavy atom. The molecule has 0 saturated carbocycles. The Balaban J connectivity index is 2.20. The summed E-state index contributed by atoms with van der Waals surface area (Å²) in [5.74, 6) is -3.83. The maximum absolute atomic E-state index is 13.6. The van der Waals surface area contributed by atoms with E-state index in [0.717, 1.165) is 38.2 Å². The average molecular weight is 621 g/mol. The third-order valence-corrected chi connectivity index (χ3v) is 8.55. The van der Waals surface area contributed by atoms with Gasteiger partial charge in [-0.05, 0) is 86.3 Å². The summed E-state index contributed by atoms with van der Waals surface area (Å²) in [5, 5.41) is 45.8. The number of carbonyl (C=O) groups excluding carboxylic acids is 3. The van der Waals surface area contributed by atoms with Crippen LogP contribution in [0.2, 0.25) is 0 Å². The molecule has 4 N–H and O–H groups in total. The van der Waals surface area contributed by atoms with Gasteiger partial charge in [0.2, 0.25) is 0 Å². The highest BCUT2D eigenvalue weighted by molar-refractivity contribution is 6.23. The number of carbonyl (C=O) groups is 3. The fourth-order valence-corrected chi connectivity index (χ4v) is 5.72. The maximum Gasteiger partial charge on any atom is 0.183 e. The molecule has 1 atom stereocenters. The van der Waals surface area contributed by atoms with E-state index in [4.69, 9.17) is 4.74 Å². The standard InChI is InChI=1S/C37H48O8/c1-9-10-11-15-27(39)29-31(41)25(30(40)24-17-18-36(6,7)45-33(24)29)20-26-32(42)28(23(5)38)35(44)37(8,34(26)43)19-16-22(4)14-12-13-21(2)3/h13,16-18,40-43H,9-12,14-15,19-20H2,1-8H3. The Bertz CT molecular complexity index is 1540. The van der Waals surface area contributed by atoms with E-state index >= 15 is 0 Å². The topological polar surface area (TPSA) is 141 Å². The number of ketones is 3. The first kappa shape index (κ1) is 35.4. The predicted octanol–water partition coefficient (Wildman–Crippen LogP) is 8.47. The monoisotopic (exact) mass is 620 g/mol. The molecule has 1 aliphatic carbocycles. The molecule has 0 aromatic heterocycles. The molecule has 0 amide bonds. The minimum absolute atomic E-state index is 0.0564. The van der Waals surface area contributed by atoms with Gasteiger partial charge in [-0.2, -0.15) is 0 Å². The second-order valence-electron chi connectivity index (χ2n) is 13.2. The highest BCUT2D eigenvalue weighted by Gasteiger charge is 2.47. The molecule has 1 aromatic carbocycles. The molecule has 0 radical (unpaired) electrons. The number of aromatic hydroxyl groups is 2. The third kappa shape index (κ3) is 7.43. The second kappa shape index (κ2) is 13.9. The van der Waals surface area contributed by atoms with Crippen LogP contribution in [0.5, 0.6) is 17.2 Å². The van der Waals surface area contributed by atoms with Crippen molar-refractivity contribution in [3.05, 3.63) is 68.7 Å². The number of hydrogen-bond donors (Lipinski definition) is 4. The fraction of sp³-hybridized carbons (Fsp3) is 0.486. The molecule has 0 fully saturated rings. The lowest BCUT2D eigenvalue weighted by Gasteiger charge is -2.34. The summed E-state index contributed by atoms with van der Waals surface area (Å²) in [7, 11) is 0. The molecule has 0 saturated heterocycles. The van der Waals surface area contributed by atoms with Crippen LogP contribution in [0, 0.1) is 5.41 Å². The van der Waals surface area contributed by atoms with Gasteiger partial charge in [-0.15, -0.1) is 0 Å². The number of aliphatic hydroxyl groups is 2. The Morgan fingerprint density at radius 1 is 0.933 bits per heavy atom. The molecule has 0 spiro atoms. The first-order valence-electron chi connectivity index (χ1n) is 15.7. The molecule has 0 bridgehead atoms. The van der Waals surface area contributed by atoms with E-state index in [9.17, 15) is 34.8 Å². The van der Waals surface area contributed by atoms with Crippen molar-refractivity contribution in [3.8, 4) is 17.2 Å². The van der Waals surface area contributed by atoms with Crippen molar-refractivity contribution in [1.82, 2.24) is 0 Å². The van der Waals surface area contributed by atoms with Gasteiger partial charge < -0.3 is 25.2 Å². The quantitative estimate of drug-likeness (QED) is 0.0745. The largest absolute Gasteiger partial charge is 0.511 e. The van der Waals surface area contributed by atoms with Crippen LogP contribution in [0.1, 0.15) is 122 Å². The lowest BCUT2D eigenvalue weighted by molar-refractivity contribution is -0.127. The van der Waals surface area contributed by atoms with E-state index < -0.39 is 57.6 Å². The first-order chi connectivity index (χ1) is 21.0. The number of benzene rings is 1. The minimum Gasteiger partial charge on any atom is -0.511 e. The van der Waals surface area contributed by atoms with Crippen molar-refractivity contribution >= 4 is 23.4 Å². The number of allylic oxidation sites excluding steroid dienone is 7. The Hall–Kier alpha value is -4.07. The van der Waals surface area contributed by atoms with Gasteiger partial charge in [0.25, 0.3) is 0 Å². The van der Waals surface area contributed by atoms with Gasteiger partial charge in [0, 0.05) is 24.0 Å². The molecule has 45 heavy (non-hydrogen) atoms. The number of unbranched alkanes of at least 4 members (excludes halogenated alkanes) is 2. The molecule has 244 valence electrons. The highest BCUT2D eigenvalue weighted by Crippen LogP contribution is 2.50. The minimum atomic E-state index is -1.59. The Labute approximate surface area is 266 Å². The summed E-state index contributed by atoms with van der Waals surface area (Å²) in [5.41, 5.74) is -0.913. The zero-order chi connectivity index (χ0) is 33.9. The van der Waals surface area contributed by atoms with Crippen LogP contribution in [0.4, 0.5) is 0 Å². The maximum atomic E-state index is 13.6. The fourth-order valence-electron chi connectivity index (χ4n) is 5.72. The molecule has 1 aliphatic heterocycles. The van der Waals surface area contributed by atoms with Crippen molar-refractivity contribution in [2.45, 2.75) is 112 Å². The number of fused-ring (bicyclic) bond motifs is 1. The number of hydrogen-bond acceptors (Lipinski definition) is 8. The summed E-state index contributed by atoms with van der Waals surface area (Å²) in [6, 6.07) is 0. The smallest absolute Gasteiger partial charge is 0.183 e. The van der Waals surface area contributed by atoms with E-state index in [-0.39, 0.29) is 46.6 Å². The van der Waals surface area contributed by atoms with Crippen LogP contribution in [0.15, 0.2) is 52.0 Å². The van der Waals surface area contributed by atoms with Gasteiger partial charge in [0.15, 0.2) is 17.3 Å². The molecule has 3 rings (SSSR count). The predicted molar refractivity (Wildman–Crippen MR) is 176 cm³/mol. The number of rotatable bonds is 13. The molecular formula is C37H48O8.